The molecule has 0 amide bonds. The van der Waals surface area contributed by atoms with Crippen molar-refractivity contribution in [2.45, 2.75) is 23.8 Å². The van der Waals surface area contributed by atoms with E-state index in [9.17, 15) is 8.42 Å². The zero-order valence-electron chi connectivity index (χ0n) is 14.1. The van der Waals surface area contributed by atoms with Gasteiger partial charge in [0.05, 0.1) is 12.0 Å². The van der Waals surface area contributed by atoms with Crippen LogP contribution in [0.25, 0.3) is 0 Å². The molecule has 1 heterocycles. The van der Waals surface area contributed by atoms with Gasteiger partial charge in [-0.15, -0.1) is 0 Å². The molecule has 0 spiro atoms. The van der Waals surface area contributed by atoms with Crippen molar-refractivity contribution in [1.29, 1.82) is 0 Å². The monoisotopic (exact) mass is 362 g/mol. The summed E-state index contributed by atoms with van der Waals surface area (Å²) in [6.45, 7) is 1.36. The Bertz CT molecular complexity index is 783. The predicted molar refractivity (Wildman–Crippen MR) is 95.7 cm³/mol. The van der Waals surface area contributed by atoms with Gasteiger partial charge in [-0.05, 0) is 67.9 Å². The van der Waals surface area contributed by atoms with E-state index in [2.05, 4.69) is 10.0 Å². The molecule has 0 radical (unpaired) electrons. The van der Waals surface area contributed by atoms with E-state index in [-0.39, 0.29) is 10.9 Å². The third-order valence-corrected chi connectivity index (χ3v) is 5.55. The van der Waals surface area contributed by atoms with Gasteiger partial charge in [0.2, 0.25) is 10.0 Å². The summed E-state index contributed by atoms with van der Waals surface area (Å²) in [5, 5.41) is 3.27. The van der Waals surface area contributed by atoms with Crippen molar-refractivity contribution < 1.29 is 17.9 Å². The van der Waals surface area contributed by atoms with Crippen LogP contribution in [0, 0.1) is 0 Å². The highest BCUT2D eigenvalue weighted by Crippen LogP contribution is 2.24. The molecule has 1 fully saturated rings. The summed E-state index contributed by atoms with van der Waals surface area (Å²) in [5.41, 5.74) is 0. The molecule has 6 nitrogen and oxygen atoms in total. The molecule has 3 rings (SSSR count). The quantitative estimate of drug-likeness (QED) is 0.791. The fourth-order valence-electron chi connectivity index (χ4n) is 2.69. The lowest BCUT2D eigenvalue weighted by atomic mass is 10.2. The second kappa shape index (κ2) is 7.86. The second-order valence-electron chi connectivity index (χ2n) is 5.89. The Balaban J connectivity index is 1.62. The Kier molecular flexibility index (Phi) is 5.57. The summed E-state index contributed by atoms with van der Waals surface area (Å²) in [6.07, 6.45) is 2.08. The number of ether oxygens (including phenoxy) is 2. The van der Waals surface area contributed by atoms with Gasteiger partial charge in [-0.1, -0.05) is 0 Å². The van der Waals surface area contributed by atoms with E-state index < -0.39 is 10.0 Å². The molecule has 0 saturated carbocycles. The Hall–Kier alpha value is -2.09. The minimum Gasteiger partial charge on any atom is -0.497 e. The van der Waals surface area contributed by atoms with E-state index in [1.165, 1.54) is 0 Å². The lowest BCUT2D eigenvalue weighted by Gasteiger charge is -2.12. The Morgan fingerprint density at radius 2 is 1.64 bits per heavy atom. The molecule has 2 aromatic rings. The van der Waals surface area contributed by atoms with Crippen LogP contribution in [-0.2, 0) is 10.0 Å². The summed E-state index contributed by atoms with van der Waals surface area (Å²) >= 11 is 0. The highest BCUT2D eigenvalue weighted by molar-refractivity contribution is 7.89. The normalized spacial score (nSPS) is 17.4. The first-order chi connectivity index (χ1) is 12.1. The van der Waals surface area contributed by atoms with Crippen molar-refractivity contribution in [3.8, 4) is 17.2 Å². The lowest BCUT2D eigenvalue weighted by molar-refractivity contribution is 0.413. The molecule has 2 N–H and O–H groups in total. The van der Waals surface area contributed by atoms with Gasteiger partial charge in [-0.3, -0.25) is 0 Å². The maximum absolute atomic E-state index is 12.3. The van der Waals surface area contributed by atoms with E-state index in [0.717, 1.165) is 25.1 Å². The summed E-state index contributed by atoms with van der Waals surface area (Å²) in [4.78, 5) is 0.229. The smallest absolute Gasteiger partial charge is 0.240 e. The van der Waals surface area contributed by atoms with Crippen LogP contribution in [0.2, 0.25) is 0 Å². The topological polar surface area (TPSA) is 76.7 Å². The molecule has 1 unspecified atom stereocenters. The van der Waals surface area contributed by atoms with Crippen LogP contribution in [0.4, 0.5) is 0 Å². The summed E-state index contributed by atoms with van der Waals surface area (Å²) in [5.74, 6) is 1.97. The molecule has 1 saturated heterocycles. The first-order valence-electron chi connectivity index (χ1n) is 8.22. The van der Waals surface area contributed by atoms with Crippen LogP contribution in [0.5, 0.6) is 17.2 Å². The second-order valence-corrected chi connectivity index (χ2v) is 7.66. The average molecular weight is 362 g/mol. The third-order valence-electron chi connectivity index (χ3n) is 4.11. The number of hydrogen-bond donors (Lipinski definition) is 2. The van der Waals surface area contributed by atoms with Crippen LogP contribution >= 0.6 is 0 Å². The Labute approximate surface area is 148 Å². The third kappa shape index (κ3) is 4.72. The zero-order chi connectivity index (χ0) is 17.7. The maximum atomic E-state index is 12.3. The summed E-state index contributed by atoms with van der Waals surface area (Å²) in [6, 6.07) is 13.8. The molecule has 0 aromatic heterocycles. The maximum Gasteiger partial charge on any atom is 0.240 e. The largest absolute Gasteiger partial charge is 0.497 e. The van der Waals surface area contributed by atoms with E-state index in [1.807, 2.05) is 0 Å². The molecular formula is C18H22N2O4S. The first kappa shape index (κ1) is 17.7. The molecule has 1 aliphatic rings. The minimum absolute atomic E-state index is 0.215. The van der Waals surface area contributed by atoms with Gasteiger partial charge in [0.25, 0.3) is 0 Å². The van der Waals surface area contributed by atoms with Crippen molar-refractivity contribution in [3.63, 3.8) is 0 Å². The van der Waals surface area contributed by atoms with Gasteiger partial charge in [-0.25, -0.2) is 13.1 Å². The van der Waals surface area contributed by atoms with E-state index in [1.54, 1.807) is 55.6 Å². The molecule has 25 heavy (non-hydrogen) atoms. The Morgan fingerprint density at radius 1 is 1.04 bits per heavy atom. The van der Waals surface area contributed by atoms with Crippen molar-refractivity contribution in [2.24, 2.45) is 0 Å². The van der Waals surface area contributed by atoms with Crippen LogP contribution in [-0.4, -0.2) is 34.7 Å². The summed E-state index contributed by atoms with van der Waals surface area (Å²) < 4.78 is 38.1. The fraction of sp³-hybridized carbons (Fsp3) is 0.333. The lowest BCUT2D eigenvalue weighted by Crippen LogP contribution is -2.37. The number of sulfonamides is 1. The van der Waals surface area contributed by atoms with E-state index in [0.29, 0.717) is 18.0 Å². The SMILES string of the molecule is COc1ccc(Oc2ccc(S(=O)(=O)NCC3CCCN3)cc2)cc1. The van der Waals surface area contributed by atoms with Gasteiger partial charge in [0.1, 0.15) is 17.2 Å². The highest BCUT2D eigenvalue weighted by atomic mass is 32.2. The summed E-state index contributed by atoms with van der Waals surface area (Å²) in [7, 11) is -1.91. The predicted octanol–water partition coefficient (Wildman–Crippen LogP) is 2.52. The van der Waals surface area contributed by atoms with Crippen LogP contribution in [0.1, 0.15) is 12.8 Å². The molecule has 0 aliphatic carbocycles. The minimum atomic E-state index is -3.51. The standard InChI is InChI=1S/C18H22N2O4S/c1-23-15-4-6-16(7-5-15)24-17-8-10-18(11-9-17)25(21,22)20-13-14-3-2-12-19-14/h4-11,14,19-20H,2-3,12-13H2,1H3. The van der Waals surface area contributed by atoms with Crippen molar-refractivity contribution in [2.75, 3.05) is 20.2 Å². The van der Waals surface area contributed by atoms with Gasteiger partial charge < -0.3 is 14.8 Å². The van der Waals surface area contributed by atoms with Crippen LogP contribution in [0.3, 0.4) is 0 Å². The molecular weight excluding hydrogens is 340 g/mol. The first-order valence-corrected chi connectivity index (χ1v) is 9.70. The molecule has 1 atom stereocenters. The van der Waals surface area contributed by atoms with Crippen molar-refractivity contribution in [3.05, 3.63) is 48.5 Å². The number of nitrogens with one attached hydrogen (secondary N) is 2. The number of hydrogen-bond acceptors (Lipinski definition) is 5. The van der Waals surface area contributed by atoms with Crippen molar-refractivity contribution >= 4 is 10.0 Å². The van der Waals surface area contributed by atoms with Crippen LogP contribution < -0.4 is 19.5 Å². The van der Waals surface area contributed by atoms with E-state index in [4.69, 9.17) is 9.47 Å². The Morgan fingerprint density at radius 3 is 2.20 bits per heavy atom. The van der Waals surface area contributed by atoms with Gasteiger partial charge in [0, 0.05) is 12.6 Å². The zero-order valence-corrected chi connectivity index (χ0v) is 14.9. The number of methoxy groups -OCH3 is 1. The van der Waals surface area contributed by atoms with Crippen molar-refractivity contribution in [1.82, 2.24) is 10.0 Å². The number of rotatable bonds is 7. The average Bonchev–Trinajstić information content (AvgIpc) is 3.15. The molecule has 0 bridgehead atoms. The molecule has 7 heteroatoms. The van der Waals surface area contributed by atoms with Gasteiger partial charge in [-0.2, -0.15) is 0 Å². The number of benzene rings is 2. The fourth-order valence-corrected chi connectivity index (χ4v) is 3.77. The van der Waals surface area contributed by atoms with Crippen LogP contribution in [0.15, 0.2) is 53.4 Å². The molecule has 2 aromatic carbocycles. The highest BCUT2D eigenvalue weighted by Gasteiger charge is 2.19. The van der Waals surface area contributed by atoms with Gasteiger partial charge >= 0.3 is 0 Å². The van der Waals surface area contributed by atoms with E-state index >= 15 is 0 Å². The molecule has 1 aliphatic heterocycles. The molecule has 134 valence electrons. The van der Waals surface area contributed by atoms with Gasteiger partial charge in [0.15, 0.2) is 0 Å².